The summed E-state index contributed by atoms with van der Waals surface area (Å²) in [5.41, 5.74) is 0. The van der Waals surface area contributed by atoms with Crippen LogP contribution in [-0.2, 0) is 28.4 Å². The fourth-order valence-electron chi connectivity index (χ4n) is 1.81. The van der Waals surface area contributed by atoms with Crippen LogP contribution in [0.3, 0.4) is 0 Å². The Morgan fingerprint density at radius 1 is 0.486 bits per heavy atom. The maximum absolute atomic E-state index is 9.21. The van der Waals surface area contributed by atoms with Gasteiger partial charge in [0.2, 0.25) is 0 Å². The third-order valence-electron chi connectivity index (χ3n) is 3.36. The van der Waals surface area contributed by atoms with Crippen molar-refractivity contribution in [2.45, 2.75) is 43.7 Å². The van der Waals surface area contributed by atoms with E-state index in [1.807, 2.05) is 0 Å². The Balaban J connectivity index is -0.000000141. The van der Waals surface area contributed by atoms with Gasteiger partial charge in [0.1, 0.15) is 0 Å². The van der Waals surface area contributed by atoms with Crippen LogP contribution in [0.4, 0.5) is 0 Å². The van der Waals surface area contributed by atoms with E-state index in [9.17, 15) is 10.2 Å². The first-order valence-electron chi connectivity index (χ1n) is 10.4. The molecule has 0 aliphatic heterocycles. The third-order valence-corrected chi connectivity index (χ3v) is 3.36. The van der Waals surface area contributed by atoms with Crippen molar-refractivity contribution < 1.29 is 59.1 Å². The predicted octanol–water partition coefficient (Wildman–Crippen LogP) is -1.18. The summed E-state index contributed by atoms with van der Waals surface area (Å²) >= 11 is 0. The minimum Gasteiger partial charge on any atom is -0.553 e. The molecule has 208 valence electrons. The van der Waals surface area contributed by atoms with E-state index in [-0.39, 0.29) is 52.9 Å². The van der Waals surface area contributed by atoms with Crippen LogP contribution in [0.15, 0.2) is 0 Å². The van der Waals surface area contributed by atoms with Gasteiger partial charge in [0.15, 0.2) is 0 Å². The van der Waals surface area contributed by atoms with Crippen molar-refractivity contribution in [3.05, 3.63) is 28.4 Å². The van der Waals surface area contributed by atoms with Crippen molar-refractivity contribution in [2.24, 2.45) is 0 Å². The predicted molar refractivity (Wildman–Crippen MR) is 119 cm³/mol. The van der Waals surface area contributed by atoms with Gasteiger partial charge in [0.25, 0.3) is 0 Å². The van der Waals surface area contributed by atoms with Gasteiger partial charge in [-0.1, -0.05) is 0 Å². The first-order valence-corrected chi connectivity index (χ1v) is 10.4. The summed E-state index contributed by atoms with van der Waals surface area (Å²) in [4.78, 5) is 0. The molecule has 35 heavy (non-hydrogen) atoms. The van der Waals surface area contributed by atoms with Gasteiger partial charge in [-0.15, -0.1) is 0 Å². The standard InChI is InChI=1S/C11H22O6.2C5H11O3.2Rf/c1-14-6-10(12)8-16-4-3-5-17-9-11(13)7-15-2;2*1-8-4-5(7)2-3-6;;/h10-13H,1-9H2;2*5-7H,1-4H2;;/q-2;2*-1;;. The maximum atomic E-state index is 9.21. The molecule has 0 saturated heterocycles. The van der Waals surface area contributed by atoms with Crippen molar-refractivity contribution in [3.63, 3.8) is 0 Å². The Hall–Kier alpha value is -2.48. The van der Waals surface area contributed by atoms with Crippen molar-refractivity contribution in [3.8, 4) is 0 Å². The zero-order chi connectivity index (χ0) is 25.7. The minimum atomic E-state index is -0.649. The van der Waals surface area contributed by atoms with Crippen LogP contribution in [0, 0.1) is 28.4 Å². The number of aliphatic hydroxyl groups is 6. The van der Waals surface area contributed by atoms with Crippen LogP contribution in [0.5, 0.6) is 0 Å². The summed E-state index contributed by atoms with van der Waals surface area (Å²) in [5, 5.41) is 52.3. The van der Waals surface area contributed by atoms with E-state index < -0.39 is 24.4 Å². The first-order chi connectivity index (χ1) is 15.8. The molecular weight excluding hydrogens is 978 g/mol. The molecule has 0 heterocycles. The van der Waals surface area contributed by atoms with Crippen molar-refractivity contribution in [1.29, 1.82) is 0 Å². The monoisotopic (exact) mass is 1020 g/mol. The molecule has 0 rings (SSSR count). The van der Waals surface area contributed by atoms with Crippen molar-refractivity contribution in [1.82, 2.24) is 0 Å². The van der Waals surface area contributed by atoms with Gasteiger partial charge in [-0.3, -0.25) is 0 Å². The summed E-state index contributed by atoms with van der Waals surface area (Å²) in [5.74, 6) is 0. The van der Waals surface area contributed by atoms with Crippen LogP contribution >= 0.6 is 0 Å². The maximum Gasteiger partial charge on any atom is 0.0976 e. The second kappa shape index (κ2) is 36.1. The topological polar surface area (TPSA) is 177 Å². The zero-order valence-corrected chi connectivity index (χ0v) is 33.7. The fourth-order valence-corrected chi connectivity index (χ4v) is 1.81. The van der Waals surface area contributed by atoms with Gasteiger partial charge in [-0.25, -0.2) is 28.4 Å². The number of ether oxygens (including phenoxy) is 6. The van der Waals surface area contributed by atoms with E-state index in [0.29, 0.717) is 32.5 Å². The van der Waals surface area contributed by atoms with Crippen LogP contribution < -0.4 is 0 Å². The second-order valence-corrected chi connectivity index (χ2v) is 6.63. The Morgan fingerprint density at radius 3 is 1.03 bits per heavy atom. The second-order valence-electron chi connectivity index (χ2n) is 6.63. The van der Waals surface area contributed by atoms with Gasteiger partial charge >= 0.3 is 0 Å². The van der Waals surface area contributed by atoms with Gasteiger partial charge in [-0.2, -0.15) is 0 Å². The molecule has 0 radical (unpaired) electrons. The van der Waals surface area contributed by atoms with Crippen molar-refractivity contribution in [2.75, 3.05) is 66.1 Å². The van der Waals surface area contributed by atoms with E-state index >= 15 is 0 Å². The quantitative estimate of drug-likeness (QED) is 0.0638. The summed E-state index contributed by atoms with van der Waals surface area (Å²) < 4.78 is 28.0. The Labute approximate surface area is 197 Å². The van der Waals surface area contributed by atoms with E-state index in [0.717, 1.165) is 0 Å². The normalized spacial score (nSPS) is 13.5. The number of rotatable bonds is 20. The average Bonchev–Trinajstić information content (AvgIpc) is 2.75. The SMILES string of the molecule is [CH2-]OCC(O)CCO.[CH2-]OCC(O)CCO.[CH2-]OCC(O)COCCCOCC(O)CO[CH2-].[Rf].[Rf]. The Bertz CT molecular complexity index is 307. The number of aliphatic hydroxyl groups excluding tert-OH is 6. The van der Waals surface area contributed by atoms with Crippen LogP contribution in [0.2, 0.25) is 0 Å². The molecule has 0 aromatic carbocycles. The molecule has 0 saturated carbocycles. The molecule has 0 aromatic rings. The molecule has 0 spiro atoms. The molecule has 0 fully saturated rings. The molecule has 0 aliphatic carbocycles. The average molecular weight is 1020 g/mol. The Kier molecular flexibility index (Phi) is 44.0. The van der Waals surface area contributed by atoms with Crippen molar-refractivity contribution >= 4 is 0 Å². The van der Waals surface area contributed by atoms with E-state index in [1.165, 1.54) is 0 Å². The molecular formula is C21H44O12Rf2-4. The molecule has 4 atom stereocenters. The van der Waals surface area contributed by atoms with E-state index in [4.69, 9.17) is 29.9 Å². The largest absolute Gasteiger partial charge is 0.553 e. The molecule has 0 aromatic heterocycles. The molecule has 12 nitrogen and oxygen atoms in total. The van der Waals surface area contributed by atoms with Gasteiger partial charge in [0, 0.05) is 52.9 Å². The minimum absolute atomic E-state index is 0. The molecule has 0 aliphatic rings. The van der Waals surface area contributed by atoms with Crippen LogP contribution in [0.25, 0.3) is 0 Å². The van der Waals surface area contributed by atoms with Crippen LogP contribution in [0.1, 0.15) is 19.3 Å². The number of hydrogen-bond acceptors (Lipinski definition) is 12. The summed E-state index contributed by atoms with van der Waals surface area (Å²) in [7, 11) is 12.4. The van der Waals surface area contributed by atoms with Crippen LogP contribution in [-0.4, -0.2) is 121 Å². The summed E-state index contributed by atoms with van der Waals surface area (Å²) in [6, 6.07) is 0. The smallest absolute Gasteiger partial charge is 0.0976 e. The van der Waals surface area contributed by atoms with Gasteiger partial charge in [-0.05, 0) is 19.3 Å². The molecule has 0 amide bonds. The molecule has 4 unspecified atom stereocenters. The molecule has 6 N–H and O–H groups in total. The zero-order valence-electron chi connectivity index (χ0n) is 20.9. The third kappa shape index (κ3) is 42.2. The first kappa shape index (κ1) is 42.7. The molecule has 0 bridgehead atoms. The summed E-state index contributed by atoms with van der Waals surface area (Å²) in [6.07, 6.45) is -1.04. The number of hydrogen-bond donors (Lipinski definition) is 6. The fraction of sp³-hybridized carbons (Fsp3) is 0.810. The van der Waals surface area contributed by atoms with Gasteiger partial charge in [0.05, 0.1) is 37.6 Å². The van der Waals surface area contributed by atoms with E-state index in [2.05, 4.69) is 47.4 Å². The van der Waals surface area contributed by atoms with E-state index in [1.54, 1.807) is 0 Å². The molecule has 14 heteroatoms. The summed E-state index contributed by atoms with van der Waals surface area (Å²) in [6.45, 7) is 2.09. The van der Waals surface area contributed by atoms with Gasteiger partial charge < -0.3 is 59.1 Å². The Morgan fingerprint density at radius 2 is 0.771 bits per heavy atom.